The predicted molar refractivity (Wildman–Crippen MR) is 98.6 cm³/mol. The molecule has 0 saturated carbocycles. The molecule has 1 aliphatic rings. The highest BCUT2D eigenvalue weighted by molar-refractivity contribution is 7.86. The van der Waals surface area contributed by atoms with E-state index in [4.69, 9.17) is 21.9 Å². The van der Waals surface area contributed by atoms with E-state index in [0.717, 1.165) is 23.9 Å². The number of hydrogen-bond donors (Lipinski definition) is 3. The molecule has 10 heteroatoms. The van der Waals surface area contributed by atoms with Crippen LogP contribution in [0.1, 0.15) is 38.2 Å². The van der Waals surface area contributed by atoms with Gasteiger partial charge in [-0.25, -0.2) is 0 Å². The molecule has 0 unspecified atom stereocenters. The molecule has 2 rings (SSSR count). The Kier molecular flexibility index (Phi) is 6.51. The highest BCUT2D eigenvalue weighted by atomic mass is 35.5. The van der Waals surface area contributed by atoms with Crippen LogP contribution in [0.25, 0.3) is 0 Å². The monoisotopic (exact) mass is 401 g/mol. The molecule has 0 aromatic heterocycles. The summed E-state index contributed by atoms with van der Waals surface area (Å²) in [5, 5.41) is 18.0. The first-order chi connectivity index (χ1) is 12.1. The Bertz CT molecular complexity index is 880. The maximum absolute atomic E-state index is 12.2. The van der Waals surface area contributed by atoms with Crippen molar-refractivity contribution < 1.29 is 22.9 Å². The van der Waals surface area contributed by atoms with Crippen molar-refractivity contribution in [2.75, 3.05) is 0 Å². The van der Waals surface area contributed by atoms with Crippen molar-refractivity contribution in [3.05, 3.63) is 22.7 Å². The van der Waals surface area contributed by atoms with E-state index in [-0.39, 0.29) is 29.2 Å². The maximum Gasteiger partial charge on any atom is 0.298 e. The number of rotatable bonds is 8. The van der Waals surface area contributed by atoms with E-state index in [9.17, 15) is 18.3 Å². The molecule has 1 aromatic rings. The molecular formula is C16H20ClN3O5S. The summed E-state index contributed by atoms with van der Waals surface area (Å²) in [6.07, 6.45) is 1.65. The minimum Gasteiger partial charge on any atom is -0.506 e. The van der Waals surface area contributed by atoms with Gasteiger partial charge in [-0.15, -0.1) is 0 Å². The minimum atomic E-state index is -4.65. The third kappa shape index (κ3) is 5.10. The van der Waals surface area contributed by atoms with Crippen LogP contribution in [0.4, 0.5) is 0 Å². The fourth-order valence-electron chi connectivity index (χ4n) is 2.56. The van der Waals surface area contributed by atoms with Gasteiger partial charge < -0.3 is 10.8 Å². The summed E-state index contributed by atoms with van der Waals surface area (Å²) in [6, 6.07) is 1.80. The smallest absolute Gasteiger partial charge is 0.298 e. The van der Waals surface area contributed by atoms with Gasteiger partial charge in [0, 0.05) is 41.6 Å². The fourth-order valence-corrected chi connectivity index (χ4v) is 3.52. The molecule has 1 aliphatic heterocycles. The second kappa shape index (κ2) is 8.26. The van der Waals surface area contributed by atoms with Crippen molar-refractivity contribution in [3.8, 4) is 5.75 Å². The van der Waals surface area contributed by atoms with E-state index in [2.05, 4.69) is 10.2 Å². The molecule has 1 heterocycles. The molecule has 26 heavy (non-hydrogen) atoms. The Morgan fingerprint density at radius 1 is 1.38 bits per heavy atom. The van der Waals surface area contributed by atoms with Crippen LogP contribution in [0.3, 0.4) is 0 Å². The summed E-state index contributed by atoms with van der Waals surface area (Å²) in [7, 11) is -4.65. The number of aromatic hydroxyl groups is 1. The van der Waals surface area contributed by atoms with Crippen molar-refractivity contribution in [1.82, 2.24) is 0 Å². The maximum atomic E-state index is 12.2. The quantitative estimate of drug-likeness (QED) is 0.569. The van der Waals surface area contributed by atoms with E-state index < -0.39 is 26.8 Å². The molecule has 4 N–H and O–H groups in total. The number of phenolic OH excluding ortho intramolecular Hbond substituents is 1. The van der Waals surface area contributed by atoms with Crippen LogP contribution in [0.2, 0.25) is 5.02 Å². The first kappa shape index (κ1) is 20.5. The third-order valence-corrected chi connectivity index (χ3v) is 5.14. The standard InChI is InChI=1S/C16H20ClN3O5S/c1-2-11-8-14(20-19-11)13(18)4-3-12(21)6-9-5-10(17)7-15(16(9)22)26(23,24)25/h5,7,13,22H,2-4,6,8,18H2,1H3,(H,23,24,25)/t13-/m0/s1. The first-order valence-corrected chi connectivity index (χ1v) is 9.82. The van der Waals surface area contributed by atoms with Crippen LogP contribution in [-0.2, 0) is 21.3 Å². The summed E-state index contributed by atoms with van der Waals surface area (Å²) in [4.78, 5) is 11.5. The fraction of sp³-hybridized carbons (Fsp3) is 0.438. The largest absolute Gasteiger partial charge is 0.506 e. The van der Waals surface area contributed by atoms with E-state index in [1.807, 2.05) is 6.92 Å². The van der Waals surface area contributed by atoms with Crippen LogP contribution in [0, 0.1) is 0 Å². The summed E-state index contributed by atoms with van der Waals surface area (Å²) < 4.78 is 31.7. The minimum absolute atomic E-state index is 0.0144. The number of nitrogens with two attached hydrogens (primary N) is 1. The van der Waals surface area contributed by atoms with Crippen molar-refractivity contribution in [2.24, 2.45) is 15.9 Å². The average molecular weight is 402 g/mol. The number of hydrogen-bond acceptors (Lipinski definition) is 7. The Labute approximate surface area is 156 Å². The molecule has 0 amide bonds. The van der Waals surface area contributed by atoms with Gasteiger partial charge in [-0.1, -0.05) is 18.5 Å². The highest BCUT2D eigenvalue weighted by Crippen LogP contribution is 2.31. The van der Waals surface area contributed by atoms with Crippen LogP contribution in [0.5, 0.6) is 5.75 Å². The van der Waals surface area contributed by atoms with E-state index in [1.165, 1.54) is 6.07 Å². The number of carbonyl (C=O) groups excluding carboxylic acids is 1. The van der Waals surface area contributed by atoms with E-state index >= 15 is 0 Å². The Morgan fingerprint density at radius 3 is 2.65 bits per heavy atom. The Balaban J connectivity index is 2.00. The van der Waals surface area contributed by atoms with Gasteiger partial charge in [-0.05, 0) is 25.0 Å². The molecule has 1 atom stereocenters. The highest BCUT2D eigenvalue weighted by Gasteiger charge is 2.22. The number of halogens is 1. The molecule has 0 saturated heterocycles. The number of benzene rings is 1. The molecule has 0 spiro atoms. The third-order valence-electron chi connectivity index (χ3n) is 4.06. The zero-order valence-corrected chi connectivity index (χ0v) is 15.7. The van der Waals surface area contributed by atoms with Gasteiger partial charge in [0.1, 0.15) is 16.4 Å². The zero-order chi connectivity index (χ0) is 19.5. The van der Waals surface area contributed by atoms with Crippen molar-refractivity contribution in [3.63, 3.8) is 0 Å². The van der Waals surface area contributed by atoms with Gasteiger partial charge in [0.05, 0.1) is 5.71 Å². The van der Waals surface area contributed by atoms with E-state index in [1.54, 1.807) is 0 Å². The molecule has 0 fully saturated rings. The van der Waals surface area contributed by atoms with Crippen molar-refractivity contribution in [1.29, 1.82) is 0 Å². The lowest BCUT2D eigenvalue weighted by Gasteiger charge is -2.12. The molecule has 142 valence electrons. The SMILES string of the molecule is CCC1=NN=C([C@@H](N)CCC(=O)Cc2cc(Cl)cc(S(=O)(=O)O)c2O)C1. The van der Waals surface area contributed by atoms with Crippen molar-refractivity contribution >= 4 is 38.9 Å². The molecule has 0 aliphatic carbocycles. The topological polar surface area (TPSA) is 142 Å². The van der Waals surface area contributed by atoms with Gasteiger partial charge in [0.2, 0.25) is 0 Å². The van der Waals surface area contributed by atoms with Crippen LogP contribution in [-0.4, -0.2) is 41.3 Å². The summed E-state index contributed by atoms with van der Waals surface area (Å²) in [6.45, 7) is 1.98. The summed E-state index contributed by atoms with van der Waals surface area (Å²) in [5.41, 5.74) is 7.74. The Morgan fingerprint density at radius 2 is 2.08 bits per heavy atom. The van der Waals surface area contributed by atoms with Gasteiger partial charge in [0.25, 0.3) is 10.1 Å². The number of Topliss-reactive ketones (excluding diaryl/α,β-unsaturated/α-hetero) is 1. The predicted octanol–water partition coefficient (Wildman–Crippen LogP) is 2.12. The lowest BCUT2D eigenvalue weighted by molar-refractivity contribution is -0.118. The summed E-state index contributed by atoms with van der Waals surface area (Å²) >= 11 is 5.81. The Hall–Kier alpha value is -1.81. The first-order valence-electron chi connectivity index (χ1n) is 8.00. The molecule has 1 aromatic carbocycles. The molecule has 0 radical (unpaired) electrons. The molecular weight excluding hydrogens is 382 g/mol. The second-order valence-corrected chi connectivity index (χ2v) is 7.86. The number of nitrogens with zero attached hydrogens (tertiary/aromatic N) is 2. The number of phenols is 1. The summed E-state index contributed by atoms with van der Waals surface area (Å²) in [5.74, 6) is -0.940. The van der Waals surface area contributed by atoms with Crippen LogP contribution < -0.4 is 5.73 Å². The molecule has 0 bridgehead atoms. The van der Waals surface area contributed by atoms with Gasteiger partial charge in [-0.3, -0.25) is 9.35 Å². The average Bonchev–Trinajstić information content (AvgIpc) is 3.04. The van der Waals surface area contributed by atoms with Crippen LogP contribution in [0.15, 0.2) is 27.2 Å². The second-order valence-electron chi connectivity index (χ2n) is 6.04. The van der Waals surface area contributed by atoms with Gasteiger partial charge in [-0.2, -0.15) is 18.6 Å². The number of carbonyl (C=O) groups is 1. The van der Waals surface area contributed by atoms with Gasteiger partial charge in [0.15, 0.2) is 0 Å². The van der Waals surface area contributed by atoms with E-state index in [0.29, 0.717) is 12.8 Å². The molecule has 8 nitrogen and oxygen atoms in total. The number of ketones is 1. The van der Waals surface area contributed by atoms with Gasteiger partial charge >= 0.3 is 0 Å². The zero-order valence-electron chi connectivity index (χ0n) is 14.1. The lowest BCUT2D eigenvalue weighted by Crippen LogP contribution is -2.31. The van der Waals surface area contributed by atoms with Crippen molar-refractivity contribution in [2.45, 2.75) is 50.0 Å². The van der Waals surface area contributed by atoms with Crippen LogP contribution >= 0.6 is 11.6 Å². The lowest BCUT2D eigenvalue weighted by atomic mass is 9.98. The normalized spacial score (nSPS) is 15.5.